The van der Waals surface area contributed by atoms with E-state index in [4.69, 9.17) is 24.8 Å². The Bertz CT molecular complexity index is 1700. The van der Waals surface area contributed by atoms with Crippen molar-refractivity contribution in [3.05, 3.63) is 83.3 Å². The molecule has 6 aromatic rings. The monoisotopic (exact) mass is 479 g/mol. The summed E-state index contributed by atoms with van der Waals surface area (Å²) in [5.41, 5.74) is 7.25. The van der Waals surface area contributed by atoms with Gasteiger partial charge in [-0.05, 0) is 60.7 Å². The summed E-state index contributed by atoms with van der Waals surface area (Å²) in [5.74, 6) is 2.04. The molecule has 35 heavy (non-hydrogen) atoms. The highest BCUT2D eigenvalue weighted by Gasteiger charge is 2.17. The number of hydrogen-bond acceptors (Lipinski definition) is 6. The van der Waals surface area contributed by atoms with Gasteiger partial charge in [0.05, 0.1) is 5.52 Å². The molecule has 4 aromatic heterocycles. The number of hydrogen-bond donors (Lipinski definition) is 0. The van der Waals surface area contributed by atoms with Crippen molar-refractivity contribution in [2.75, 3.05) is 0 Å². The summed E-state index contributed by atoms with van der Waals surface area (Å²) in [6.07, 6.45) is 1.74. The summed E-state index contributed by atoms with van der Waals surface area (Å²) in [6, 6.07) is 18.6. The Morgan fingerprint density at radius 3 is 2.63 bits per heavy atom. The van der Waals surface area contributed by atoms with Crippen LogP contribution >= 0.6 is 11.3 Å². The van der Waals surface area contributed by atoms with Crippen LogP contribution in [0.25, 0.3) is 37.5 Å². The van der Waals surface area contributed by atoms with E-state index in [1.165, 1.54) is 11.1 Å². The molecule has 0 aliphatic heterocycles. The van der Waals surface area contributed by atoms with Gasteiger partial charge in [-0.15, -0.1) is 16.4 Å². The highest BCUT2D eigenvalue weighted by Crippen LogP contribution is 2.36. The largest absolute Gasteiger partial charge is 0.489 e. The molecule has 174 valence electrons. The highest BCUT2D eigenvalue weighted by atomic mass is 32.1. The Kier molecular flexibility index (Phi) is 5.22. The van der Waals surface area contributed by atoms with Gasteiger partial charge in [0.25, 0.3) is 0 Å². The van der Waals surface area contributed by atoms with Gasteiger partial charge in [0, 0.05) is 16.6 Å². The van der Waals surface area contributed by atoms with Crippen LogP contribution in [-0.4, -0.2) is 24.6 Å². The van der Waals surface area contributed by atoms with Gasteiger partial charge in [-0.3, -0.25) is 0 Å². The molecule has 0 amide bonds. The summed E-state index contributed by atoms with van der Waals surface area (Å²) >= 11 is 1.62. The summed E-state index contributed by atoms with van der Waals surface area (Å²) in [4.78, 5) is 15.3. The first-order valence-electron chi connectivity index (χ1n) is 11.7. The minimum absolute atomic E-state index is 0.481. The van der Waals surface area contributed by atoms with Crippen molar-refractivity contribution in [3.63, 3.8) is 0 Å². The fraction of sp³-hybridized carbons (Fsp3) is 0.214. The SMILES string of the molecule is Cc1cc(C)c2c(n1)sc1c2ncn2nc(-c3cccc(COc4ccc(C(C)C)cc4)c3)nc12. The third kappa shape index (κ3) is 3.91. The summed E-state index contributed by atoms with van der Waals surface area (Å²) < 4.78 is 8.79. The molecule has 0 saturated carbocycles. The summed E-state index contributed by atoms with van der Waals surface area (Å²) in [6.45, 7) is 8.99. The van der Waals surface area contributed by atoms with E-state index in [0.29, 0.717) is 18.3 Å². The number of pyridine rings is 1. The van der Waals surface area contributed by atoms with Crippen molar-refractivity contribution < 1.29 is 4.74 Å². The van der Waals surface area contributed by atoms with Crippen LogP contribution in [0.4, 0.5) is 0 Å². The van der Waals surface area contributed by atoms with Crippen molar-refractivity contribution in [2.45, 2.75) is 40.2 Å². The maximum Gasteiger partial charge on any atom is 0.182 e. The molecule has 6 nitrogen and oxygen atoms in total. The number of fused-ring (bicyclic) bond motifs is 5. The fourth-order valence-corrected chi connectivity index (χ4v) is 5.63. The number of aryl methyl sites for hydroxylation is 2. The third-order valence-corrected chi connectivity index (χ3v) is 7.30. The lowest BCUT2D eigenvalue weighted by Crippen LogP contribution is -1.96. The van der Waals surface area contributed by atoms with Gasteiger partial charge in [0.2, 0.25) is 0 Å². The number of thiophene rings is 1. The lowest BCUT2D eigenvalue weighted by atomic mass is 10.0. The molecule has 0 spiro atoms. The first-order valence-corrected chi connectivity index (χ1v) is 12.5. The number of nitrogens with zero attached hydrogens (tertiary/aromatic N) is 5. The predicted molar refractivity (Wildman–Crippen MR) is 141 cm³/mol. The fourth-order valence-electron chi connectivity index (χ4n) is 4.41. The Labute approximate surface area is 207 Å². The molecule has 0 aliphatic rings. The zero-order chi connectivity index (χ0) is 24.1. The van der Waals surface area contributed by atoms with Crippen LogP contribution < -0.4 is 4.74 Å². The van der Waals surface area contributed by atoms with Crippen molar-refractivity contribution in [2.24, 2.45) is 0 Å². The van der Waals surface area contributed by atoms with E-state index in [1.807, 2.05) is 31.2 Å². The molecule has 0 saturated heterocycles. The first-order chi connectivity index (χ1) is 17.0. The summed E-state index contributed by atoms with van der Waals surface area (Å²) in [5, 5.41) is 5.82. The van der Waals surface area contributed by atoms with Gasteiger partial charge in [-0.2, -0.15) is 0 Å². The molecule has 0 bridgehead atoms. The molecule has 7 heteroatoms. The van der Waals surface area contributed by atoms with Crippen LogP contribution in [0, 0.1) is 13.8 Å². The van der Waals surface area contributed by atoms with Crippen molar-refractivity contribution >= 4 is 37.4 Å². The molecule has 0 atom stereocenters. The minimum Gasteiger partial charge on any atom is -0.489 e. The zero-order valence-electron chi connectivity index (χ0n) is 20.1. The second-order valence-corrected chi connectivity index (χ2v) is 10.2. The average molecular weight is 480 g/mol. The average Bonchev–Trinajstić information content (AvgIpc) is 3.44. The first kappa shape index (κ1) is 21.7. The van der Waals surface area contributed by atoms with Gasteiger partial charge in [-0.1, -0.05) is 44.2 Å². The number of aromatic nitrogens is 5. The molecule has 0 N–H and O–H groups in total. The van der Waals surface area contributed by atoms with Crippen LogP contribution in [-0.2, 0) is 6.61 Å². The zero-order valence-corrected chi connectivity index (χ0v) is 20.9. The van der Waals surface area contributed by atoms with Gasteiger partial charge >= 0.3 is 0 Å². The van der Waals surface area contributed by atoms with Gasteiger partial charge in [0.15, 0.2) is 11.5 Å². The normalized spacial score (nSPS) is 11.8. The molecule has 0 fully saturated rings. The van der Waals surface area contributed by atoms with Gasteiger partial charge in [0.1, 0.15) is 28.2 Å². The maximum atomic E-state index is 6.03. The second kappa shape index (κ2) is 8.43. The molecule has 4 heterocycles. The number of benzene rings is 2. The highest BCUT2D eigenvalue weighted by molar-refractivity contribution is 7.26. The Morgan fingerprint density at radius 1 is 1.00 bits per heavy atom. The Balaban J connectivity index is 1.32. The summed E-state index contributed by atoms with van der Waals surface area (Å²) in [7, 11) is 0. The van der Waals surface area contributed by atoms with E-state index < -0.39 is 0 Å². The van der Waals surface area contributed by atoms with E-state index >= 15 is 0 Å². The molecule has 0 aliphatic carbocycles. The molecule has 0 unspecified atom stereocenters. The van der Waals surface area contributed by atoms with E-state index in [-0.39, 0.29) is 0 Å². The van der Waals surface area contributed by atoms with E-state index in [1.54, 1.807) is 22.2 Å². The van der Waals surface area contributed by atoms with Crippen molar-refractivity contribution in [3.8, 4) is 17.1 Å². The lowest BCUT2D eigenvalue weighted by molar-refractivity contribution is 0.306. The smallest absolute Gasteiger partial charge is 0.182 e. The maximum absolute atomic E-state index is 6.03. The molecular formula is C28H25N5OS. The second-order valence-electron chi connectivity index (χ2n) is 9.20. The molecule has 0 radical (unpaired) electrons. The van der Waals surface area contributed by atoms with Crippen LogP contribution in [0.1, 0.15) is 42.1 Å². The quantitative estimate of drug-likeness (QED) is 0.270. The molecule has 6 rings (SSSR count). The van der Waals surface area contributed by atoms with Gasteiger partial charge < -0.3 is 4.74 Å². The van der Waals surface area contributed by atoms with Gasteiger partial charge in [-0.25, -0.2) is 19.5 Å². The lowest BCUT2D eigenvalue weighted by Gasteiger charge is -2.09. The van der Waals surface area contributed by atoms with Crippen LogP contribution in [0.2, 0.25) is 0 Å². The van der Waals surface area contributed by atoms with Crippen molar-refractivity contribution in [1.29, 1.82) is 0 Å². The topological polar surface area (TPSA) is 65.2 Å². The van der Waals surface area contributed by atoms with Crippen LogP contribution in [0.15, 0.2) is 60.9 Å². The predicted octanol–water partition coefficient (Wildman–Crippen LogP) is 6.87. The molecular weight excluding hydrogens is 454 g/mol. The van der Waals surface area contributed by atoms with Crippen LogP contribution in [0.3, 0.4) is 0 Å². The number of rotatable bonds is 5. The number of ether oxygens (including phenoxy) is 1. The third-order valence-electron chi connectivity index (χ3n) is 6.23. The van der Waals surface area contributed by atoms with Crippen molar-refractivity contribution in [1.82, 2.24) is 24.6 Å². The minimum atomic E-state index is 0.481. The Hall–Kier alpha value is -3.84. The van der Waals surface area contributed by atoms with Crippen LogP contribution in [0.5, 0.6) is 5.75 Å². The van der Waals surface area contributed by atoms with E-state index in [2.05, 4.69) is 51.1 Å². The van der Waals surface area contributed by atoms with E-state index in [9.17, 15) is 0 Å². The van der Waals surface area contributed by atoms with E-state index in [0.717, 1.165) is 48.7 Å². The Morgan fingerprint density at radius 2 is 1.83 bits per heavy atom. The standard InChI is InChI=1S/C28H25N5OS/c1-16(2)20-8-10-22(11-9-20)34-14-19-6-5-7-21(13-19)26-31-27-25-24(29-15-33(27)32-26)23-17(3)12-18(4)30-28(23)35-25/h5-13,15-16H,14H2,1-4H3. The molecule has 2 aromatic carbocycles.